The highest BCUT2D eigenvalue weighted by Crippen LogP contribution is 2.17. The van der Waals surface area contributed by atoms with Crippen molar-refractivity contribution in [2.24, 2.45) is 0 Å². The minimum absolute atomic E-state index is 0.178. The molecule has 0 saturated carbocycles. The van der Waals surface area contributed by atoms with Crippen molar-refractivity contribution in [1.29, 1.82) is 0 Å². The van der Waals surface area contributed by atoms with Gasteiger partial charge in [-0.2, -0.15) is 26.7 Å². The van der Waals surface area contributed by atoms with E-state index in [1.165, 1.54) is 7.11 Å². The summed E-state index contributed by atoms with van der Waals surface area (Å²) in [5.74, 6) is 1.74. The van der Waals surface area contributed by atoms with Gasteiger partial charge in [0, 0.05) is 18.8 Å². The van der Waals surface area contributed by atoms with Crippen LogP contribution in [0.5, 0.6) is 6.01 Å². The lowest BCUT2D eigenvalue weighted by molar-refractivity contribution is 0.378. The van der Waals surface area contributed by atoms with Crippen LogP contribution in [-0.2, 0) is 0 Å². The summed E-state index contributed by atoms with van der Waals surface area (Å²) in [6.07, 6.45) is 3.10. The number of nitrogen functional groups attached to an aromatic ring is 1. The van der Waals surface area contributed by atoms with Crippen LogP contribution in [0.25, 0.3) is 0 Å². The van der Waals surface area contributed by atoms with Crippen molar-refractivity contribution in [3.05, 3.63) is 0 Å². The van der Waals surface area contributed by atoms with E-state index in [1.54, 1.807) is 11.8 Å². The van der Waals surface area contributed by atoms with Crippen molar-refractivity contribution in [2.75, 3.05) is 36.8 Å². The van der Waals surface area contributed by atoms with Gasteiger partial charge in [0.25, 0.3) is 0 Å². The molecule has 0 aromatic carbocycles. The summed E-state index contributed by atoms with van der Waals surface area (Å²) in [6.45, 7) is 2.14. The van der Waals surface area contributed by atoms with E-state index in [9.17, 15) is 0 Å². The van der Waals surface area contributed by atoms with Crippen LogP contribution >= 0.6 is 11.8 Å². The molecule has 1 aromatic rings. The standard InChI is InChI=1S/C10H19N5OS/c1-5-7(6-17-4)15(2)9-12-8(11)13-10(14-9)16-3/h7H,5-6H2,1-4H3,(H2,11,12,13,14). The van der Waals surface area contributed by atoms with Crippen molar-refractivity contribution in [1.82, 2.24) is 15.0 Å². The molecule has 1 aromatic heterocycles. The fraction of sp³-hybridized carbons (Fsp3) is 0.700. The van der Waals surface area contributed by atoms with Gasteiger partial charge in [-0.05, 0) is 12.7 Å². The zero-order valence-corrected chi connectivity index (χ0v) is 11.5. The van der Waals surface area contributed by atoms with Crippen molar-refractivity contribution in [3.8, 4) is 6.01 Å². The second-order valence-electron chi connectivity index (χ2n) is 3.61. The van der Waals surface area contributed by atoms with E-state index in [0.717, 1.165) is 12.2 Å². The quantitative estimate of drug-likeness (QED) is 0.815. The summed E-state index contributed by atoms with van der Waals surface area (Å²) >= 11 is 1.80. The lowest BCUT2D eigenvalue weighted by Crippen LogP contribution is -2.34. The number of hydrogen-bond donors (Lipinski definition) is 1. The number of nitrogens with two attached hydrogens (primary N) is 1. The molecule has 7 heteroatoms. The van der Waals surface area contributed by atoms with E-state index in [1.807, 2.05) is 11.9 Å². The molecular weight excluding hydrogens is 238 g/mol. The third-order valence-corrected chi connectivity index (χ3v) is 3.21. The molecule has 2 N–H and O–H groups in total. The van der Waals surface area contributed by atoms with Gasteiger partial charge in [-0.15, -0.1) is 0 Å². The zero-order chi connectivity index (χ0) is 12.8. The molecule has 1 heterocycles. The van der Waals surface area contributed by atoms with Crippen LogP contribution < -0.4 is 15.4 Å². The largest absolute Gasteiger partial charge is 0.467 e. The molecule has 1 atom stereocenters. The molecule has 0 aliphatic carbocycles. The Labute approximate surface area is 106 Å². The van der Waals surface area contributed by atoms with Crippen molar-refractivity contribution < 1.29 is 4.74 Å². The molecule has 0 fully saturated rings. The number of ether oxygens (including phenoxy) is 1. The van der Waals surface area contributed by atoms with Gasteiger partial charge in [-0.25, -0.2) is 0 Å². The summed E-state index contributed by atoms with van der Waals surface area (Å²) < 4.78 is 4.99. The highest BCUT2D eigenvalue weighted by Gasteiger charge is 2.17. The van der Waals surface area contributed by atoms with Gasteiger partial charge >= 0.3 is 6.01 Å². The van der Waals surface area contributed by atoms with Gasteiger partial charge in [0.2, 0.25) is 11.9 Å². The van der Waals surface area contributed by atoms with Crippen LogP contribution in [-0.4, -0.2) is 47.2 Å². The Morgan fingerprint density at radius 3 is 2.65 bits per heavy atom. The first-order valence-corrected chi connectivity index (χ1v) is 6.79. The predicted octanol–water partition coefficient (Wildman–Crippen LogP) is 1.04. The maximum absolute atomic E-state index is 5.61. The van der Waals surface area contributed by atoms with Crippen LogP contribution in [0.2, 0.25) is 0 Å². The van der Waals surface area contributed by atoms with Gasteiger partial charge in [0.1, 0.15) is 0 Å². The van der Waals surface area contributed by atoms with Crippen LogP contribution in [0.3, 0.4) is 0 Å². The second-order valence-corrected chi connectivity index (χ2v) is 4.52. The second kappa shape index (κ2) is 6.48. The van der Waals surface area contributed by atoms with E-state index >= 15 is 0 Å². The number of aromatic nitrogens is 3. The van der Waals surface area contributed by atoms with Gasteiger partial charge in [0.05, 0.1) is 7.11 Å². The molecular formula is C10H19N5OS. The molecule has 0 saturated heterocycles. The lowest BCUT2D eigenvalue weighted by atomic mass is 10.2. The number of hydrogen-bond acceptors (Lipinski definition) is 7. The average molecular weight is 257 g/mol. The molecule has 6 nitrogen and oxygen atoms in total. The summed E-state index contributed by atoms with van der Waals surface area (Å²) in [7, 11) is 3.47. The zero-order valence-electron chi connectivity index (χ0n) is 10.7. The summed E-state index contributed by atoms with van der Waals surface area (Å²) in [4.78, 5) is 14.2. The van der Waals surface area contributed by atoms with Gasteiger partial charge in [0.15, 0.2) is 0 Å². The van der Waals surface area contributed by atoms with Crippen LogP contribution in [0.1, 0.15) is 13.3 Å². The smallest absolute Gasteiger partial charge is 0.322 e. The number of nitrogens with zero attached hydrogens (tertiary/aromatic N) is 4. The first-order chi connectivity index (χ1) is 8.12. The van der Waals surface area contributed by atoms with Crippen molar-refractivity contribution in [3.63, 3.8) is 0 Å². The van der Waals surface area contributed by atoms with E-state index in [-0.39, 0.29) is 12.0 Å². The van der Waals surface area contributed by atoms with Gasteiger partial charge < -0.3 is 15.4 Å². The number of anilines is 2. The monoisotopic (exact) mass is 257 g/mol. The lowest BCUT2D eigenvalue weighted by Gasteiger charge is -2.26. The Kier molecular flexibility index (Phi) is 5.27. The van der Waals surface area contributed by atoms with Crippen molar-refractivity contribution in [2.45, 2.75) is 19.4 Å². The Hall–Kier alpha value is -1.24. The van der Waals surface area contributed by atoms with Crippen LogP contribution in [0.15, 0.2) is 0 Å². The van der Waals surface area contributed by atoms with Crippen molar-refractivity contribution >= 4 is 23.7 Å². The van der Waals surface area contributed by atoms with Gasteiger partial charge in [-0.1, -0.05) is 6.92 Å². The van der Waals surface area contributed by atoms with Crippen LogP contribution in [0, 0.1) is 0 Å². The molecule has 0 aliphatic rings. The topological polar surface area (TPSA) is 77.2 Å². The Morgan fingerprint density at radius 2 is 2.12 bits per heavy atom. The maximum Gasteiger partial charge on any atom is 0.322 e. The SMILES string of the molecule is CCC(CSC)N(C)c1nc(N)nc(OC)n1. The third-order valence-electron chi connectivity index (χ3n) is 2.50. The average Bonchev–Trinajstić information content (AvgIpc) is 2.34. The van der Waals surface area contributed by atoms with E-state index < -0.39 is 0 Å². The maximum atomic E-state index is 5.61. The number of methoxy groups -OCH3 is 1. The van der Waals surface area contributed by atoms with E-state index in [4.69, 9.17) is 10.5 Å². The minimum atomic E-state index is 0.178. The number of rotatable bonds is 6. The fourth-order valence-corrected chi connectivity index (χ4v) is 2.31. The Morgan fingerprint density at radius 1 is 1.41 bits per heavy atom. The molecule has 1 unspecified atom stereocenters. The molecule has 0 radical (unpaired) electrons. The molecule has 17 heavy (non-hydrogen) atoms. The molecule has 0 aliphatic heterocycles. The van der Waals surface area contributed by atoms with Crippen LogP contribution in [0.4, 0.5) is 11.9 Å². The highest BCUT2D eigenvalue weighted by atomic mass is 32.2. The highest BCUT2D eigenvalue weighted by molar-refractivity contribution is 7.98. The number of thioether (sulfide) groups is 1. The minimum Gasteiger partial charge on any atom is -0.467 e. The molecule has 0 bridgehead atoms. The fourth-order valence-electron chi connectivity index (χ4n) is 1.47. The normalized spacial score (nSPS) is 12.2. The first kappa shape index (κ1) is 13.8. The van der Waals surface area contributed by atoms with Gasteiger partial charge in [-0.3, -0.25) is 0 Å². The summed E-state index contributed by atoms with van der Waals surface area (Å²) in [5, 5.41) is 0. The molecule has 1 rings (SSSR count). The summed E-state index contributed by atoms with van der Waals surface area (Å²) in [6, 6.07) is 0.620. The molecule has 0 amide bonds. The molecule has 96 valence electrons. The summed E-state index contributed by atoms with van der Waals surface area (Å²) in [5.41, 5.74) is 5.61. The Bertz CT molecular complexity index is 363. The third kappa shape index (κ3) is 3.62. The first-order valence-electron chi connectivity index (χ1n) is 5.39. The van der Waals surface area contributed by atoms with E-state index in [2.05, 4.69) is 28.1 Å². The predicted molar refractivity (Wildman–Crippen MR) is 71.7 cm³/mol. The Balaban J connectivity index is 2.93. The van der Waals surface area contributed by atoms with E-state index in [0.29, 0.717) is 12.0 Å². The molecule has 0 spiro atoms.